The van der Waals surface area contributed by atoms with Crippen LogP contribution in [-0.2, 0) is 11.9 Å². The molecule has 0 bridgehead atoms. The zero-order valence-corrected chi connectivity index (χ0v) is 12.9. The lowest BCUT2D eigenvalue weighted by atomic mass is 10.2. The normalized spacial score (nSPS) is 10.2. The number of halogens is 1. The van der Waals surface area contributed by atoms with Gasteiger partial charge >= 0.3 is 0 Å². The van der Waals surface area contributed by atoms with Gasteiger partial charge in [-0.15, -0.1) is 0 Å². The third-order valence-corrected chi connectivity index (χ3v) is 3.38. The molecule has 110 valence electrons. The Morgan fingerprint density at radius 2 is 2.14 bits per heavy atom. The van der Waals surface area contributed by atoms with E-state index >= 15 is 0 Å². The van der Waals surface area contributed by atoms with Gasteiger partial charge in [-0.1, -0.05) is 15.9 Å². The Kier molecular flexibility index (Phi) is 5.10. The van der Waals surface area contributed by atoms with E-state index < -0.39 is 4.92 Å². The molecule has 0 N–H and O–H groups in total. The topological polar surface area (TPSA) is 74.5 Å². The molecule has 0 aliphatic heterocycles. The van der Waals surface area contributed by atoms with Gasteiger partial charge in [-0.2, -0.15) is 0 Å². The van der Waals surface area contributed by atoms with Gasteiger partial charge in [0, 0.05) is 23.0 Å². The van der Waals surface area contributed by atoms with Crippen LogP contribution in [0, 0.1) is 10.1 Å². The monoisotopic (exact) mass is 352 g/mol. The molecule has 21 heavy (non-hydrogen) atoms. The van der Waals surface area contributed by atoms with Crippen LogP contribution in [0.4, 0.5) is 5.69 Å². The van der Waals surface area contributed by atoms with Crippen molar-refractivity contribution in [3.05, 3.63) is 57.9 Å². The highest BCUT2D eigenvalue weighted by Gasteiger charge is 2.12. The van der Waals surface area contributed by atoms with E-state index in [-0.39, 0.29) is 12.3 Å². The Morgan fingerprint density at radius 3 is 2.71 bits per heavy atom. The molecule has 0 aliphatic rings. The Morgan fingerprint density at radius 1 is 1.33 bits per heavy atom. The van der Waals surface area contributed by atoms with Crippen molar-refractivity contribution in [3.63, 3.8) is 0 Å². The van der Waals surface area contributed by atoms with E-state index in [1.807, 2.05) is 6.07 Å². The fourth-order valence-corrected chi connectivity index (χ4v) is 2.06. The molecule has 1 heterocycles. The highest BCUT2D eigenvalue weighted by Crippen LogP contribution is 2.25. The maximum absolute atomic E-state index is 10.8. The van der Waals surface area contributed by atoms with Gasteiger partial charge in [-0.05, 0) is 18.2 Å². The molecule has 1 aromatic heterocycles. The van der Waals surface area contributed by atoms with Gasteiger partial charge in [-0.3, -0.25) is 15.1 Å². The van der Waals surface area contributed by atoms with Gasteiger partial charge in [0.1, 0.15) is 18.1 Å². The Hall–Kier alpha value is -2.15. The van der Waals surface area contributed by atoms with E-state index in [1.165, 1.54) is 19.2 Å². The number of aromatic nitrogens is 1. The minimum Gasteiger partial charge on any atom is -0.496 e. The van der Waals surface area contributed by atoms with E-state index in [0.29, 0.717) is 22.4 Å². The second-order valence-electron chi connectivity index (χ2n) is 4.16. The summed E-state index contributed by atoms with van der Waals surface area (Å²) < 4.78 is 10.8. The number of benzene rings is 1. The Balaban J connectivity index is 2.13. The smallest absolute Gasteiger partial charge is 0.270 e. The summed E-state index contributed by atoms with van der Waals surface area (Å²) >= 11 is 3.31. The summed E-state index contributed by atoms with van der Waals surface area (Å²) in [6, 6.07) is 8.04. The first-order valence-electron chi connectivity index (χ1n) is 6.09. The Bertz CT molecular complexity index is 631. The van der Waals surface area contributed by atoms with Crippen molar-refractivity contribution in [2.75, 3.05) is 7.11 Å². The largest absolute Gasteiger partial charge is 0.496 e. The number of non-ortho nitro benzene ring substituents is 1. The molecule has 1 aromatic carbocycles. The summed E-state index contributed by atoms with van der Waals surface area (Å²) in [5, 5.41) is 11.5. The standard InChI is InChI=1S/C14H13BrN2O4/c1-20-14-5-3-12(17(18)19)6-10(14)9-21-13-4-2-11(7-15)16-8-13/h2-6,8H,7,9H2,1H3. The van der Waals surface area contributed by atoms with E-state index in [4.69, 9.17) is 9.47 Å². The molecular weight excluding hydrogens is 340 g/mol. The van der Waals surface area contributed by atoms with Gasteiger partial charge in [0.05, 0.1) is 23.9 Å². The Labute approximate surface area is 130 Å². The number of hydrogen-bond donors (Lipinski definition) is 0. The number of pyridine rings is 1. The molecule has 0 fully saturated rings. The van der Waals surface area contributed by atoms with Crippen molar-refractivity contribution in [2.45, 2.75) is 11.9 Å². The second-order valence-corrected chi connectivity index (χ2v) is 4.72. The van der Waals surface area contributed by atoms with E-state index in [0.717, 1.165) is 5.69 Å². The van der Waals surface area contributed by atoms with Crippen molar-refractivity contribution < 1.29 is 14.4 Å². The first-order valence-corrected chi connectivity index (χ1v) is 7.21. The van der Waals surface area contributed by atoms with Gasteiger partial charge in [0.15, 0.2) is 0 Å². The molecule has 0 saturated carbocycles. The van der Waals surface area contributed by atoms with Gasteiger partial charge in [0.2, 0.25) is 0 Å². The van der Waals surface area contributed by atoms with Crippen LogP contribution in [0.1, 0.15) is 11.3 Å². The van der Waals surface area contributed by atoms with Crippen LogP contribution in [0.5, 0.6) is 11.5 Å². The molecule has 7 heteroatoms. The zero-order valence-electron chi connectivity index (χ0n) is 11.3. The van der Waals surface area contributed by atoms with Gasteiger partial charge < -0.3 is 9.47 Å². The first kappa shape index (κ1) is 15.2. The molecule has 0 spiro atoms. The van der Waals surface area contributed by atoms with Crippen molar-refractivity contribution in [2.24, 2.45) is 0 Å². The van der Waals surface area contributed by atoms with Gasteiger partial charge in [-0.25, -0.2) is 0 Å². The summed E-state index contributed by atoms with van der Waals surface area (Å²) in [5.74, 6) is 1.14. The highest BCUT2D eigenvalue weighted by molar-refractivity contribution is 9.08. The van der Waals surface area contributed by atoms with Crippen LogP contribution in [0.15, 0.2) is 36.5 Å². The summed E-state index contributed by atoms with van der Waals surface area (Å²) in [6.07, 6.45) is 1.61. The summed E-state index contributed by atoms with van der Waals surface area (Å²) in [6.45, 7) is 0.167. The van der Waals surface area contributed by atoms with Crippen LogP contribution in [0.2, 0.25) is 0 Å². The van der Waals surface area contributed by atoms with Crippen molar-refractivity contribution in [3.8, 4) is 11.5 Å². The average molecular weight is 353 g/mol. The third kappa shape index (κ3) is 3.91. The van der Waals surface area contributed by atoms with Crippen molar-refractivity contribution in [1.29, 1.82) is 0 Å². The summed E-state index contributed by atoms with van der Waals surface area (Å²) in [5.41, 5.74) is 1.51. The van der Waals surface area contributed by atoms with Crippen LogP contribution < -0.4 is 9.47 Å². The van der Waals surface area contributed by atoms with E-state index in [2.05, 4.69) is 20.9 Å². The lowest BCUT2D eigenvalue weighted by Gasteiger charge is -2.10. The molecule has 2 aromatic rings. The molecule has 6 nitrogen and oxygen atoms in total. The summed E-state index contributed by atoms with van der Waals surface area (Å²) in [4.78, 5) is 14.5. The van der Waals surface area contributed by atoms with E-state index in [1.54, 1.807) is 18.3 Å². The molecular formula is C14H13BrN2O4. The molecule has 0 saturated heterocycles. The number of nitrogens with zero attached hydrogens (tertiary/aromatic N) is 2. The number of alkyl halides is 1. The second kappa shape index (κ2) is 7.03. The van der Waals surface area contributed by atoms with Crippen LogP contribution in [-0.4, -0.2) is 17.0 Å². The molecule has 0 aliphatic carbocycles. The molecule has 0 unspecified atom stereocenters. The minimum absolute atomic E-state index is 0.00200. The maximum atomic E-state index is 10.8. The average Bonchev–Trinajstić information content (AvgIpc) is 2.53. The van der Waals surface area contributed by atoms with Crippen LogP contribution >= 0.6 is 15.9 Å². The quantitative estimate of drug-likeness (QED) is 0.452. The SMILES string of the molecule is COc1ccc([N+](=O)[O-])cc1COc1ccc(CBr)nc1. The molecule has 2 rings (SSSR count). The lowest BCUT2D eigenvalue weighted by molar-refractivity contribution is -0.385. The summed E-state index contributed by atoms with van der Waals surface area (Å²) in [7, 11) is 1.51. The predicted molar refractivity (Wildman–Crippen MR) is 80.8 cm³/mol. The van der Waals surface area contributed by atoms with Gasteiger partial charge in [0.25, 0.3) is 5.69 Å². The third-order valence-electron chi connectivity index (χ3n) is 2.80. The number of nitro benzene ring substituents is 1. The number of nitro groups is 1. The fourth-order valence-electron chi connectivity index (χ4n) is 1.73. The maximum Gasteiger partial charge on any atom is 0.270 e. The predicted octanol–water partition coefficient (Wildman–Crippen LogP) is 3.47. The first-order chi connectivity index (χ1) is 10.1. The molecule has 0 radical (unpaired) electrons. The number of rotatable bonds is 6. The lowest BCUT2D eigenvalue weighted by Crippen LogP contribution is -2.00. The van der Waals surface area contributed by atoms with Crippen molar-refractivity contribution >= 4 is 21.6 Å². The number of methoxy groups -OCH3 is 1. The molecule has 0 atom stereocenters. The highest BCUT2D eigenvalue weighted by atomic mass is 79.9. The van der Waals surface area contributed by atoms with E-state index in [9.17, 15) is 10.1 Å². The van der Waals surface area contributed by atoms with Crippen molar-refractivity contribution in [1.82, 2.24) is 4.98 Å². The molecule has 0 amide bonds. The van der Waals surface area contributed by atoms with Crippen LogP contribution in [0.25, 0.3) is 0 Å². The fraction of sp³-hybridized carbons (Fsp3) is 0.214. The van der Waals surface area contributed by atoms with Crippen LogP contribution in [0.3, 0.4) is 0 Å². The minimum atomic E-state index is -0.449. The number of hydrogen-bond acceptors (Lipinski definition) is 5. The number of ether oxygens (including phenoxy) is 2. The zero-order chi connectivity index (χ0) is 15.2.